The van der Waals surface area contributed by atoms with Crippen molar-refractivity contribution in [3.05, 3.63) is 0 Å². The predicted molar refractivity (Wildman–Crippen MR) is 83.5 cm³/mol. The summed E-state index contributed by atoms with van der Waals surface area (Å²) >= 11 is 0. The second-order valence-corrected chi connectivity index (χ2v) is 5.23. The van der Waals surface area contributed by atoms with E-state index in [1.165, 1.54) is 12.8 Å². The molecule has 0 bridgehead atoms. The maximum absolute atomic E-state index is 5.77. The number of aromatic nitrogens is 3. The molecule has 1 aliphatic heterocycles. The zero-order valence-corrected chi connectivity index (χ0v) is 12.9. The number of ether oxygens (including phenoxy) is 1. The minimum atomic E-state index is 0.266. The van der Waals surface area contributed by atoms with E-state index in [4.69, 9.17) is 10.5 Å². The zero-order valence-electron chi connectivity index (χ0n) is 12.9. The minimum absolute atomic E-state index is 0.266. The number of nitrogen functional groups attached to an aromatic ring is 1. The number of nitrogens with one attached hydrogen (secondary N) is 1. The van der Waals surface area contributed by atoms with Gasteiger partial charge in [0.1, 0.15) is 0 Å². The van der Waals surface area contributed by atoms with E-state index in [9.17, 15) is 0 Å². The van der Waals surface area contributed by atoms with Crippen LogP contribution in [-0.2, 0) is 4.74 Å². The molecule has 1 aromatic rings. The highest BCUT2D eigenvalue weighted by Gasteiger charge is 2.16. The van der Waals surface area contributed by atoms with Gasteiger partial charge in [0.2, 0.25) is 17.8 Å². The number of likely N-dealkylation sites (N-methyl/N-ethyl adjacent to an activating group) is 1. The van der Waals surface area contributed by atoms with Crippen molar-refractivity contribution in [2.45, 2.75) is 12.8 Å². The summed E-state index contributed by atoms with van der Waals surface area (Å²) in [5, 5.41) is 3.21. The second kappa shape index (κ2) is 7.94. The third-order valence-electron chi connectivity index (χ3n) is 3.48. The zero-order chi connectivity index (χ0) is 15.1. The molecule has 0 amide bonds. The van der Waals surface area contributed by atoms with Crippen molar-refractivity contribution in [1.29, 1.82) is 0 Å². The molecule has 8 heteroatoms. The molecule has 0 aliphatic carbocycles. The fourth-order valence-electron chi connectivity index (χ4n) is 2.24. The lowest BCUT2D eigenvalue weighted by atomic mass is 10.4. The van der Waals surface area contributed by atoms with Crippen molar-refractivity contribution < 1.29 is 4.74 Å². The molecule has 1 aliphatic rings. The van der Waals surface area contributed by atoms with Gasteiger partial charge in [0, 0.05) is 39.8 Å². The summed E-state index contributed by atoms with van der Waals surface area (Å²) in [6.07, 6.45) is 2.36. The van der Waals surface area contributed by atoms with Crippen molar-refractivity contribution in [3.63, 3.8) is 0 Å². The number of methoxy groups -OCH3 is 1. The Morgan fingerprint density at radius 3 is 2.71 bits per heavy atom. The molecule has 0 saturated carbocycles. The van der Waals surface area contributed by atoms with Crippen LogP contribution in [0.2, 0.25) is 0 Å². The van der Waals surface area contributed by atoms with Crippen LogP contribution in [0.1, 0.15) is 12.8 Å². The van der Waals surface area contributed by atoms with E-state index in [0.717, 1.165) is 39.3 Å². The third-order valence-corrected chi connectivity index (χ3v) is 3.48. The van der Waals surface area contributed by atoms with Gasteiger partial charge >= 0.3 is 0 Å². The van der Waals surface area contributed by atoms with Crippen LogP contribution in [0.5, 0.6) is 0 Å². The molecule has 118 valence electrons. The van der Waals surface area contributed by atoms with E-state index in [0.29, 0.717) is 11.9 Å². The first-order valence-corrected chi connectivity index (χ1v) is 7.37. The quantitative estimate of drug-likeness (QED) is 0.695. The first kappa shape index (κ1) is 15.7. The van der Waals surface area contributed by atoms with E-state index < -0.39 is 0 Å². The maximum atomic E-state index is 5.77. The normalized spacial score (nSPS) is 14.9. The fraction of sp³-hybridized carbons (Fsp3) is 0.769. The van der Waals surface area contributed by atoms with E-state index >= 15 is 0 Å². The highest BCUT2D eigenvalue weighted by atomic mass is 16.5. The summed E-state index contributed by atoms with van der Waals surface area (Å²) in [4.78, 5) is 17.1. The van der Waals surface area contributed by atoms with Crippen LogP contribution in [0.15, 0.2) is 0 Å². The number of nitrogens with zero attached hydrogens (tertiary/aromatic N) is 5. The summed E-state index contributed by atoms with van der Waals surface area (Å²) in [5.74, 6) is 1.49. The van der Waals surface area contributed by atoms with Crippen LogP contribution in [-0.4, -0.2) is 73.3 Å². The molecule has 3 N–H and O–H groups in total. The summed E-state index contributed by atoms with van der Waals surface area (Å²) in [7, 11) is 3.76. The molecule has 8 nitrogen and oxygen atoms in total. The van der Waals surface area contributed by atoms with Crippen LogP contribution in [0.4, 0.5) is 17.8 Å². The minimum Gasteiger partial charge on any atom is -0.383 e. The summed E-state index contributed by atoms with van der Waals surface area (Å²) < 4.78 is 5.05. The largest absolute Gasteiger partial charge is 0.383 e. The first-order valence-electron chi connectivity index (χ1n) is 7.37. The molecule has 0 aromatic carbocycles. The van der Waals surface area contributed by atoms with E-state index in [1.807, 2.05) is 0 Å². The van der Waals surface area contributed by atoms with Gasteiger partial charge in [0.25, 0.3) is 0 Å². The first-order chi connectivity index (χ1) is 10.2. The van der Waals surface area contributed by atoms with Gasteiger partial charge in [-0.1, -0.05) is 0 Å². The van der Waals surface area contributed by atoms with Gasteiger partial charge in [0.15, 0.2) is 0 Å². The standard InChI is InChI=1S/C13H25N7O/c1-19(9-10-21-2)8-5-15-12-16-11(14)17-13(18-12)20-6-3-4-7-20/h3-10H2,1-2H3,(H3,14,15,16,17,18). The predicted octanol–water partition coefficient (Wildman–Crippen LogP) is 0.0441. The molecule has 2 rings (SSSR count). The van der Waals surface area contributed by atoms with Crippen LogP contribution < -0.4 is 16.0 Å². The lowest BCUT2D eigenvalue weighted by molar-refractivity contribution is 0.163. The van der Waals surface area contributed by atoms with Crippen molar-refractivity contribution in [1.82, 2.24) is 19.9 Å². The average Bonchev–Trinajstić information content (AvgIpc) is 2.99. The summed E-state index contributed by atoms with van der Waals surface area (Å²) in [6, 6.07) is 0. The second-order valence-electron chi connectivity index (χ2n) is 5.23. The fourth-order valence-corrected chi connectivity index (χ4v) is 2.24. The van der Waals surface area contributed by atoms with Gasteiger partial charge in [-0.2, -0.15) is 15.0 Å². The van der Waals surface area contributed by atoms with Crippen LogP contribution >= 0.6 is 0 Å². The van der Waals surface area contributed by atoms with Gasteiger partial charge in [-0.25, -0.2) is 0 Å². The molecule has 1 saturated heterocycles. The van der Waals surface area contributed by atoms with Crippen LogP contribution in [0.3, 0.4) is 0 Å². The number of rotatable bonds is 8. The molecule has 0 atom stereocenters. The molecule has 21 heavy (non-hydrogen) atoms. The van der Waals surface area contributed by atoms with Crippen LogP contribution in [0, 0.1) is 0 Å². The topological polar surface area (TPSA) is 92.4 Å². The highest BCUT2D eigenvalue weighted by Crippen LogP contribution is 2.17. The Labute approximate surface area is 125 Å². The van der Waals surface area contributed by atoms with Gasteiger partial charge in [-0.05, 0) is 19.9 Å². The summed E-state index contributed by atoms with van der Waals surface area (Å²) in [6.45, 7) is 5.24. The molecule has 0 spiro atoms. The molecule has 1 aromatic heterocycles. The highest BCUT2D eigenvalue weighted by molar-refractivity contribution is 5.42. The average molecular weight is 295 g/mol. The van der Waals surface area contributed by atoms with Gasteiger partial charge in [0.05, 0.1) is 6.61 Å². The van der Waals surface area contributed by atoms with Gasteiger partial charge in [-0.3, -0.25) is 0 Å². The van der Waals surface area contributed by atoms with Gasteiger partial charge in [-0.15, -0.1) is 0 Å². The smallest absolute Gasteiger partial charge is 0.231 e. The van der Waals surface area contributed by atoms with Crippen LogP contribution in [0.25, 0.3) is 0 Å². The SMILES string of the molecule is COCCN(C)CCNc1nc(N)nc(N2CCCC2)n1. The lowest BCUT2D eigenvalue weighted by Crippen LogP contribution is -2.29. The Kier molecular flexibility index (Phi) is 5.94. The Morgan fingerprint density at radius 2 is 2.00 bits per heavy atom. The van der Waals surface area contributed by atoms with Crippen molar-refractivity contribution in [3.8, 4) is 0 Å². The Bertz CT molecular complexity index is 437. The molecular weight excluding hydrogens is 270 g/mol. The monoisotopic (exact) mass is 295 g/mol. The third kappa shape index (κ3) is 4.98. The summed E-state index contributed by atoms with van der Waals surface area (Å²) in [5.41, 5.74) is 5.77. The van der Waals surface area contributed by atoms with Gasteiger partial charge < -0.3 is 25.6 Å². The Morgan fingerprint density at radius 1 is 1.24 bits per heavy atom. The number of anilines is 3. The molecular formula is C13H25N7O. The van der Waals surface area contributed by atoms with E-state index in [-0.39, 0.29) is 5.95 Å². The van der Waals surface area contributed by atoms with Crippen molar-refractivity contribution in [2.75, 3.05) is 69.4 Å². The Balaban J connectivity index is 1.85. The number of hydrogen-bond donors (Lipinski definition) is 2. The lowest BCUT2D eigenvalue weighted by Gasteiger charge is -2.18. The van der Waals surface area contributed by atoms with Crippen molar-refractivity contribution >= 4 is 17.8 Å². The Hall–Kier alpha value is -1.67. The molecule has 0 unspecified atom stereocenters. The molecule has 1 fully saturated rings. The van der Waals surface area contributed by atoms with Crippen molar-refractivity contribution in [2.24, 2.45) is 0 Å². The number of hydrogen-bond acceptors (Lipinski definition) is 8. The van der Waals surface area contributed by atoms with E-state index in [2.05, 4.69) is 37.1 Å². The maximum Gasteiger partial charge on any atom is 0.231 e. The van der Waals surface area contributed by atoms with E-state index in [1.54, 1.807) is 7.11 Å². The molecule has 2 heterocycles. The number of nitrogens with two attached hydrogens (primary N) is 1. The molecule has 0 radical (unpaired) electrons.